The molecule has 1 aromatic carbocycles. The Bertz CT molecular complexity index is 504. The molecule has 0 radical (unpaired) electrons. The van der Waals surface area contributed by atoms with E-state index < -0.39 is 17.8 Å². The predicted octanol–water partition coefficient (Wildman–Crippen LogP) is 2.70. The standard InChI is InChI=1S/C17H24F3NO2/c1-16(12-22)7-2-8-21(11-16)10-15(23)9-13-3-5-14(6-4-13)17(18,19)20/h3-6,15,22-23H,2,7-12H2,1H3. The number of benzene rings is 1. The molecule has 0 saturated carbocycles. The summed E-state index contributed by atoms with van der Waals surface area (Å²) in [5.41, 5.74) is -0.121. The number of β-amino-alcohol motifs (C(OH)–C–C–N with tert-alkyl or cyclic N) is 1. The van der Waals surface area contributed by atoms with Gasteiger partial charge in [0.15, 0.2) is 0 Å². The number of alkyl halides is 3. The van der Waals surface area contributed by atoms with Crippen LogP contribution in [0.3, 0.4) is 0 Å². The molecule has 130 valence electrons. The van der Waals surface area contributed by atoms with Crippen LogP contribution in [-0.2, 0) is 12.6 Å². The van der Waals surface area contributed by atoms with E-state index in [2.05, 4.69) is 4.90 Å². The molecule has 2 N–H and O–H groups in total. The van der Waals surface area contributed by atoms with Crippen LogP contribution in [0.15, 0.2) is 24.3 Å². The van der Waals surface area contributed by atoms with Gasteiger partial charge in [0.05, 0.1) is 11.7 Å². The van der Waals surface area contributed by atoms with Crippen molar-refractivity contribution in [2.75, 3.05) is 26.2 Å². The zero-order valence-corrected chi connectivity index (χ0v) is 13.3. The van der Waals surface area contributed by atoms with Crippen molar-refractivity contribution in [3.05, 3.63) is 35.4 Å². The molecule has 2 rings (SSSR count). The predicted molar refractivity (Wildman–Crippen MR) is 82.0 cm³/mol. The molecule has 0 spiro atoms. The number of hydrogen-bond acceptors (Lipinski definition) is 3. The first-order chi connectivity index (χ1) is 10.7. The highest BCUT2D eigenvalue weighted by Gasteiger charge is 2.31. The quantitative estimate of drug-likeness (QED) is 0.872. The van der Waals surface area contributed by atoms with Crippen molar-refractivity contribution < 1.29 is 23.4 Å². The maximum absolute atomic E-state index is 12.5. The minimum absolute atomic E-state index is 0.124. The highest BCUT2D eigenvalue weighted by atomic mass is 19.4. The van der Waals surface area contributed by atoms with E-state index >= 15 is 0 Å². The van der Waals surface area contributed by atoms with Crippen LogP contribution in [0.25, 0.3) is 0 Å². The third-order valence-electron chi connectivity index (χ3n) is 4.46. The number of rotatable bonds is 5. The molecular formula is C17H24F3NO2. The Morgan fingerprint density at radius 3 is 2.48 bits per heavy atom. The molecule has 2 atom stereocenters. The molecule has 6 heteroatoms. The van der Waals surface area contributed by atoms with E-state index in [0.717, 1.165) is 38.1 Å². The molecule has 1 aromatic rings. The third kappa shape index (κ3) is 5.19. The van der Waals surface area contributed by atoms with Gasteiger partial charge in [-0.05, 0) is 43.5 Å². The molecule has 23 heavy (non-hydrogen) atoms. The highest BCUT2D eigenvalue weighted by molar-refractivity contribution is 5.25. The monoisotopic (exact) mass is 331 g/mol. The van der Waals surface area contributed by atoms with Gasteiger partial charge in [-0.2, -0.15) is 13.2 Å². The lowest BCUT2D eigenvalue weighted by Gasteiger charge is -2.40. The van der Waals surface area contributed by atoms with Gasteiger partial charge in [-0.1, -0.05) is 19.1 Å². The van der Waals surface area contributed by atoms with Crippen molar-refractivity contribution in [2.45, 2.75) is 38.5 Å². The summed E-state index contributed by atoms with van der Waals surface area (Å²) in [6.07, 6.45) is -2.70. The fourth-order valence-corrected chi connectivity index (χ4v) is 3.18. The second-order valence-corrected chi connectivity index (χ2v) is 6.86. The SMILES string of the molecule is CC1(CO)CCCN(CC(O)Cc2ccc(C(F)(F)F)cc2)C1. The largest absolute Gasteiger partial charge is 0.416 e. The van der Waals surface area contributed by atoms with Crippen molar-refractivity contribution >= 4 is 0 Å². The van der Waals surface area contributed by atoms with Crippen LogP contribution in [0.1, 0.15) is 30.9 Å². The summed E-state index contributed by atoms with van der Waals surface area (Å²) in [4.78, 5) is 2.12. The zero-order valence-electron chi connectivity index (χ0n) is 13.3. The lowest BCUT2D eigenvalue weighted by atomic mass is 9.82. The Kier molecular flexibility index (Phi) is 5.70. The Labute approximate surface area is 134 Å². The van der Waals surface area contributed by atoms with Gasteiger partial charge in [0.25, 0.3) is 0 Å². The molecule has 3 nitrogen and oxygen atoms in total. The van der Waals surface area contributed by atoms with Gasteiger partial charge >= 0.3 is 6.18 Å². The second kappa shape index (κ2) is 7.20. The molecule has 1 aliphatic rings. The zero-order chi connectivity index (χ0) is 17.1. The van der Waals surface area contributed by atoms with Gasteiger partial charge in [-0.3, -0.25) is 0 Å². The number of likely N-dealkylation sites (tertiary alicyclic amines) is 1. The van der Waals surface area contributed by atoms with Crippen molar-refractivity contribution in [1.82, 2.24) is 4.90 Å². The minimum atomic E-state index is -4.33. The fourth-order valence-electron chi connectivity index (χ4n) is 3.18. The van der Waals surface area contributed by atoms with Gasteiger partial charge in [0.1, 0.15) is 0 Å². The number of nitrogens with zero attached hydrogens (tertiary/aromatic N) is 1. The highest BCUT2D eigenvalue weighted by Crippen LogP contribution is 2.30. The average molecular weight is 331 g/mol. The van der Waals surface area contributed by atoms with Gasteiger partial charge < -0.3 is 15.1 Å². The summed E-state index contributed by atoms with van der Waals surface area (Å²) in [6.45, 7) is 4.23. The number of aliphatic hydroxyl groups excluding tert-OH is 2. The first kappa shape index (κ1) is 18.2. The Hall–Kier alpha value is -1.11. The van der Waals surface area contributed by atoms with E-state index in [1.54, 1.807) is 0 Å². The van der Waals surface area contributed by atoms with Crippen LogP contribution < -0.4 is 0 Å². The van der Waals surface area contributed by atoms with Gasteiger partial charge in [0.2, 0.25) is 0 Å². The first-order valence-electron chi connectivity index (χ1n) is 7.89. The van der Waals surface area contributed by atoms with Crippen LogP contribution in [0, 0.1) is 5.41 Å². The molecule has 1 fully saturated rings. The third-order valence-corrected chi connectivity index (χ3v) is 4.46. The summed E-state index contributed by atoms with van der Waals surface area (Å²) < 4.78 is 37.6. The van der Waals surface area contributed by atoms with Crippen molar-refractivity contribution in [3.8, 4) is 0 Å². The summed E-state index contributed by atoms with van der Waals surface area (Å²) in [7, 11) is 0. The molecule has 1 aliphatic heterocycles. The van der Waals surface area contributed by atoms with Gasteiger partial charge in [-0.25, -0.2) is 0 Å². The molecular weight excluding hydrogens is 307 g/mol. The van der Waals surface area contributed by atoms with E-state index in [4.69, 9.17) is 0 Å². The average Bonchev–Trinajstić information content (AvgIpc) is 2.47. The molecule has 0 bridgehead atoms. The van der Waals surface area contributed by atoms with Gasteiger partial charge in [0, 0.05) is 25.1 Å². The number of piperidine rings is 1. The van der Waals surface area contributed by atoms with Crippen LogP contribution >= 0.6 is 0 Å². The lowest BCUT2D eigenvalue weighted by Crippen LogP contribution is -2.46. The summed E-state index contributed by atoms with van der Waals surface area (Å²) in [5, 5.41) is 19.6. The number of hydrogen-bond donors (Lipinski definition) is 2. The maximum Gasteiger partial charge on any atom is 0.416 e. The Balaban J connectivity index is 1.88. The smallest absolute Gasteiger partial charge is 0.396 e. The number of aliphatic hydroxyl groups is 2. The van der Waals surface area contributed by atoms with Crippen LogP contribution in [-0.4, -0.2) is 47.5 Å². The van der Waals surface area contributed by atoms with Crippen molar-refractivity contribution in [2.24, 2.45) is 5.41 Å². The summed E-state index contributed by atoms with van der Waals surface area (Å²) in [5.74, 6) is 0. The van der Waals surface area contributed by atoms with Crippen LogP contribution in [0.2, 0.25) is 0 Å². The Morgan fingerprint density at radius 1 is 1.26 bits per heavy atom. The van der Waals surface area contributed by atoms with E-state index in [-0.39, 0.29) is 12.0 Å². The fraction of sp³-hybridized carbons (Fsp3) is 0.647. The summed E-state index contributed by atoms with van der Waals surface area (Å²) >= 11 is 0. The first-order valence-corrected chi connectivity index (χ1v) is 7.89. The minimum Gasteiger partial charge on any atom is -0.396 e. The molecule has 0 aromatic heterocycles. The Morgan fingerprint density at radius 2 is 1.91 bits per heavy atom. The normalized spacial score (nSPS) is 24.6. The van der Waals surface area contributed by atoms with E-state index in [0.29, 0.717) is 18.5 Å². The van der Waals surface area contributed by atoms with Crippen molar-refractivity contribution in [3.63, 3.8) is 0 Å². The molecule has 1 saturated heterocycles. The van der Waals surface area contributed by atoms with E-state index in [1.807, 2.05) is 6.92 Å². The number of halogens is 3. The molecule has 1 heterocycles. The summed E-state index contributed by atoms with van der Waals surface area (Å²) in [6, 6.07) is 4.93. The maximum atomic E-state index is 12.5. The van der Waals surface area contributed by atoms with Crippen molar-refractivity contribution in [1.29, 1.82) is 0 Å². The molecule has 0 amide bonds. The van der Waals surface area contributed by atoms with E-state index in [9.17, 15) is 23.4 Å². The van der Waals surface area contributed by atoms with Crippen LogP contribution in [0.4, 0.5) is 13.2 Å². The lowest BCUT2D eigenvalue weighted by molar-refractivity contribution is -0.137. The van der Waals surface area contributed by atoms with Crippen LogP contribution in [0.5, 0.6) is 0 Å². The molecule has 2 unspecified atom stereocenters. The van der Waals surface area contributed by atoms with Gasteiger partial charge in [-0.15, -0.1) is 0 Å². The second-order valence-electron chi connectivity index (χ2n) is 6.86. The topological polar surface area (TPSA) is 43.7 Å². The molecule has 0 aliphatic carbocycles. The van der Waals surface area contributed by atoms with E-state index in [1.165, 1.54) is 12.1 Å².